The zero-order valence-corrected chi connectivity index (χ0v) is 10.5. The van der Waals surface area contributed by atoms with E-state index in [1.807, 2.05) is 0 Å². The molecule has 2 rings (SSSR count). The van der Waals surface area contributed by atoms with Crippen molar-refractivity contribution in [2.45, 2.75) is 6.42 Å². The van der Waals surface area contributed by atoms with Crippen LogP contribution in [0.4, 0.5) is 5.69 Å². The Balaban J connectivity index is 2.02. The predicted molar refractivity (Wildman–Crippen MR) is 66.3 cm³/mol. The van der Waals surface area contributed by atoms with E-state index in [0.717, 1.165) is 19.5 Å². The summed E-state index contributed by atoms with van der Waals surface area (Å²) in [6.07, 6.45) is 1.02. The summed E-state index contributed by atoms with van der Waals surface area (Å²) in [4.78, 5) is 23.4. The zero-order valence-electron chi connectivity index (χ0n) is 10.5. The molecule has 1 aliphatic heterocycles. The summed E-state index contributed by atoms with van der Waals surface area (Å²) in [6, 6.07) is 4.01. The number of ether oxygens (including phenoxy) is 2. The lowest BCUT2D eigenvalue weighted by Gasteiger charge is -2.30. The first kappa shape index (κ1) is 13.1. The molecule has 1 aromatic carbocycles. The highest BCUT2D eigenvalue weighted by atomic mass is 16.6. The molecule has 0 aliphatic carbocycles. The van der Waals surface area contributed by atoms with Crippen molar-refractivity contribution in [3.63, 3.8) is 0 Å². The summed E-state index contributed by atoms with van der Waals surface area (Å²) in [5, 5.41) is 10.6. The van der Waals surface area contributed by atoms with Gasteiger partial charge in [0.2, 0.25) is 0 Å². The number of nitro groups is 1. The molecule has 1 amide bonds. The largest absolute Gasteiger partial charge is 0.493 e. The van der Waals surface area contributed by atoms with Crippen molar-refractivity contribution in [3.05, 3.63) is 28.3 Å². The minimum Gasteiger partial charge on any atom is -0.493 e. The minimum atomic E-state index is -0.516. The molecule has 7 heteroatoms. The lowest BCUT2D eigenvalue weighted by Crippen LogP contribution is -2.44. The highest BCUT2D eigenvalue weighted by Gasteiger charge is 2.21. The molecule has 0 spiro atoms. The lowest BCUT2D eigenvalue weighted by atomic mass is 10.2. The number of carbonyl (C=O) groups is 1. The van der Waals surface area contributed by atoms with Crippen molar-refractivity contribution >= 4 is 11.6 Å². The van der Waals surface area contributed by atoms with Gasteiger partial charge in [-0.3, -0.25) is 14.9 Å². The van der Waals surface area contributed by atoms with Crippen LogP contribution in [0.5, 0.6) is 11.5 Å². The third-order valence-electron chi connectivity index (χ3n) is 2.92. The van der Waals surface area contributed by atoms with Crippen LogP contribution in [0.25, 0.3) is 0 Å². The lowest BCUT2D eigenvalue weighted by molar-refractivity contribution is -0.384. The quantitative estimate of drug-likeness (QED) is 0.591. The molecular formula is C12H14N2O5. The standard InChI is InChI=1S/C12H14N2O5/c1-18-11-7-9(14(16)17)3-4-10(11)19-8-12(15)13-5-2-6-13/h3-4,7H,2,5-6,8H2,1H3. The highest BCUT2D eigenvalue weighted by molar-refractivity contribution is 5.78. The van der Waals surface area contributed by atoms with Gasteiger partial charge in [-0.15, -0.1) is 0 Å². The van der Waals surface area contributed by atoms with E-state index in [1.165, 1.54) is 25.3 Å². The molecule has 0 saturated carbocycles. The SMILES string of the molecule is COc1cc([N+](=O)[O-])ccc1OCC(=O)N1CCC1. The fourth-order valence-electron chi connectivity index (χ4n) is 1.69. The smallest absolute Gasteiger partial charge is 0.273 e. The molecule has 1 aromatic rings. The van der Waals surface area contributed by atoms with Crippen molar-refractivity contribution < 1.29 is 19.2 Å². The molecular weight excluding hydrogens is 252 g/mol. The van der Waals surface area contributed by atoms with Crippen LogP contribution in [-0.2, 0) is 4.79 Å². The Labute approximate surface area is 109 Å². The van der Waals surface area contributed by atoms with Crippen molar-refractivity contribution in [1.29, 1.82) is 0 Å². The van der Waals surface area contributed by atoms with Gasteiger partial charge in [0.15, 0.2) is 18.1 Å². The summed E-state index contributed by atoms with van der Waals surface area (Å²) in [5.74, 6) is 0.472. The maximum Gasteiger partial charge on any atom is 0.273 e. The number of nitrogens with zero attached hydrogens (tertiary/aromatic N) is 2. The first-order chi connectivity index (χ1) is 9.11. The van der Waals surface area contributed by atoms with E-state index in [1.54, 1.807) is 4.90 Å². The second-order valence-electron chi connectivity index (χ2n) is 4.12. The Bertz CT molecular complexity index is 499. The fraction of sp³-hybridized carbons (Fsp3) is 0.417. The Morgan fingerprint density at radius 3 is 2.68 bits per heavy atom. The number of likely N-dealkylation sites (tertiary alicyclic amines) is 1. The maximum absolute atomic E-state index is 11.6. The summed E-state index contributed by atoms with van der Waals surface area (Å²) < 4.78 is 10.4. The summed E-state index contributed by atoms with van der Waals surface area (Å²) in [7, 11) is 1.39. The van der Waals surface area contributed by atoms with Crippen molar-refractivity contribution in [3.8, 4) is 11.5 Å². The Morgan fingerprint density at radius 2 is 2.16 bits per heavy atom. The van der Waals surface area contributed by atoms with E-state index < -0.39 is 4.92 Å². The van der Waals surface area contributed by atoms with Gasteiger partial charge in [-0.1, -0.05) is 0 Å². The number of hydrogen-bond acceptors (Lipinski definition) is 5. The van der Waals surface area contributed by atoms with Gasteiger partial charge in [-0.2, -0.15) is 0 Å². The van der Waals surface area contributed by atoms with Crippen LogP contribution in [0.2, 0.25) is 0 Å². The highest BCUT2D eigenvalue weighted by Crippen LogP contribution is 2.31. The van der Waals surface area contributed by atoms with Crippen LogP contribution in [0, 0.1) is 10.1 Å². The normalized spacial score (nSPS) is 13.6. The first-order valence-electron chi connectivity index (χ1n) is 5.85. The van der Waals surface area contributed by atoms with Crippen LogP contribution in [0.3, 0.4) is 0 Å². The van der Waals surface area contributed by atoms with Gasteiger partial charge in [-0.05, 0) is 12.5 Å². The van der Waals surface area contributed by atoms with Gasteiger partial charge in [0.1, 0.15) is 0 Å². The molecule has 0 radical (unpaired) electrons. The van der Waals surface area contributed by atoms with Gasteiger partial charge in [0.25, 0.3) is 11.6 Å². The van der Waals surface area contributed by atoms with E-state index in [0.29, 0.717) is 5.75 Å². The molecule has 102 valence electrons. The van der Waals surface area contributed by atoms with Crippen LogP contribution >= 0.6 is 0 Å². The van der Waals surface area contributed by atoms with Crippen molar-refractivity contribution in [2.75, 3.05) is 26.8 Å². The zero-order chi connectivity index (χ0) is 13.8. The van der Waals surface area contributed by atoms with E-state index >= 15 is 0 Å². The number of non-ortho nitro benzene ring substituents is 1. The molecule has 1 saturated heterocycles. The van der Waals surface area contributed by atoms with Gasteiger partial charge in [0.05, 0.1) is 18.1 Å². The average Bonchev–Trinajstić information content (AvgIpc) is 2.33. The molecule has 0 bridgehead atoms. The topological polar surface area (TPSA) is 81.9 Å². The van der Waals surface area contributed by atoms with Crippen LogP contribution in [0.1, 0.15) is 6.42 Å². The second-order valence-corrected chi connectivity index (χ2v) is 4.12. The van der Waals surface area contributed by atoms with Crippen molar-refractivity contribution in [1.82, 2.24) is 4.90 Å². The Hall–Kier alpha value is -2.31. The molecule has 7 nitrogen and oxygen atoms in total. The predicted octanol–water partition coefficient (Wildman–Crippen LogP) is 1.21. The molecule has 1 heterocycles. The van der Waals surface area contributed by atoms with E-state index in [-0.39, 0.29) is 24.0 Å². The third-order valence-corrected chi connectivity index (χ3v) is 2.92. The fourth-order valence-corrected chi connectivity index (χ4v) is 1.69. The monoisotopic (exact) mass is 266 g/mol. The van der Waals surface area contributed by atoms with Crippen molar-refractivity contribution in [2.24, 2.45) is 0 Å². The van der Waals surface area contributed by atoms with Crippen LogP contribution < -0.4 is 9.47 Å². The number of benzene rings is 1. The summed E-state index contributed by atoms with van der Waals surface area (Å²) >= 11 is 0. The molecule has 0 atom stereocenters. The van der Waals surface area contributed by atoms with Gasteiger partial charge in [0, 0.05) is 19.2 Å². The van der Waals surface area contributed by atoms with E-state index in [2.05, 4.69) is 0 Å². The summed E-state index contributed by atoms with van der Waals surface area (Å²) in [6.45, 7) is 1.44. The molecule has 19 heavy (non-hydrogen) atoms. The minimum absolute atomic E-state index is 0.0849. The number of methoxy groups -OCH3 is 1. The molecule has 1 fully saturated rings. The first-order valence-corrected chi connectivity index (χ1v) is 5.85. The third kappa shape index (κ3) is 2.93. The van der Waals surface area contributed by atoms with Crippen LogP contribution in [0.15, 0.2) is 18.2 Å². The van der Waals surface area contributed by atoms with E-state index in [4.69, 9.17) is 9.47 Å². The van der Waals surface area contributed by atoms with Gasteiger partial charge >= 0.3 is 0 Å². The number of amides is 1. The second kappa shape index (κ2) is 5.55. The van der Waals surface area contributed by atoms with Gasteiger partial charge in [-0.25, -0.2) is 0 Å². The molecule has 0 N–H and O–H groups in total. The number of carbonyl (C=O) groups excluding carboxylic acids is 1. The molecule has 1 aliphatic rings. The molecule has 0 aromatic heterocycles. The Kier molecular flexibility index (Phi) is 3.84. The van der Waals surface area contributed by atoms with E-state index in [9.17, 15) is 14.9 Å². The average molecular weight is 266 g/mol. The number of hydrogen-bond donors (Lipinski definition) is 0. The molecule has 0 unspecified atom stereocenters. The Morgan fingerprint density at radius 1 is 1.42 bits per heavy atom. The number of rotatable bonds is 5. The number of nitro benzene ring substituents is 1. The van der Waals surface area contributed by atoms with Crippen LogP contribution in [-0.4, -0.2) is 42.5 Å². The van der Waals surface area contributed by atoms with Gasteiger partial charge < -0.3 is 14.4 Å². The maximum atomic E-state index is 11.6. The summed E-state index contributed by atoms with van der Waals surface area (Å²) in [5.41, 5.74) is -0.0849.